The zero-order chi connectivity index (χ0) is 24.8. The molecule has 4 aromatic rings. The molecule has 0 heterocycles. The van der Waals surface area contributed by atoms with E-state index in [1.807, 2.05) is 30.3 Å². The summed E-state index contributed by atoms with van der Waals surface area (Å²) in [6, 6.07) is 22.2. The van der Waals surface area contributed by atoms with Crippen LogP contribution in [0.1, 0.15) is 15.9 Å². The summed E-state index contributed by atoms with van der Waals surface area (Å²) in [4.78, 5) is 24.9. The number of nitrogens with one attached hydrogen (secondary N) is 1. The lowest BCUT2D eigenvalue weighted by atomic mass is 10.0. The average molecular weight is 528 g/mol. The highest BCUT2D eigenvalue weighted by Gasteiger charge is 2.16. The van der Waals surface area contributed by atoms with Crippen LogP contribution < -0.4 is 14.9 Å². The van der Waals surface area contributed by atoms with E-state index < -0.39 is 11.9 Å². The highest BCUT2D eigenvalue weighted by molar-refractivity contribution is 6.36. The molecule has 0 atom stereocenters. The standard InChI is InChI=1S/C26H17Cl3N2O4/c27-17-5-3-6-19(12-17)34-15-25(32)31-30-14-22-20-7-2-1-4-16(20)8-11-24(22)35-26(33)21-10-9-18(28)13-23(21)29/h1-14H,15H2,(H,31,32)/b30-14+. The van der Waals surface area contributed by atoms with Crippen molar-refractivity contribution in [3.63, 3.8) is 0 Å². The topological polar surface area (TPSA) is 77.0 Å². The summed E-state index contributed by atoms with van der Waals surface area (Å²) in [6.45, 7) is -0.260. The molecule has 0 saturated carbocycles. The van der Waals surface area contributed by atoms with E-state index in [0.717, 1.165) is 10.8 Å². The number of hydrogen-bond donors (Lipinski definition) is 1. The molecular weight excluding hydrogens is 511 g/mol. The van der Waals surface area contributed by atoms with Gasteiger partial charge in [0.15, 0.2) is 6.61 Å². The minimum Gasteiger partial charge on any atom is -0.484 e. The van der Waals surface area contributed by atoms with Gasteiger partial charge in [0.1, 0.15) is 11.5 Å². The molecule has 176 valence electrons. The molecule has 1 N–H and O–H groups in total. The Morgan fingerprint density at radius 3 is 2.49 bits per heavy atom. The first-order valence-electron chi connectivity index (χ1n) is 10.3. The lowest BCUT2D eigenvalue weighted by Gasteiger charge is -2.11. The predicted molar refractivity (Wildman–Crippen MR) is 138 cm³/mol. The van der Waals surface area contributed by atoms with E-state index in [-0.39, 0.29) is 22.9 Å². The van der Waals surface area contributed by atoms with Gasteiger partial charge in [0.25, 0.3) is 5.91 Å². The maximum atomic E-state index is 12.8. The minimum absolute atomic E-state index is 0.165. The van der Waals surface area contributed by atoms with Gasteiger partial charge in [0, 0.05) is 15.6 Å². The molecule has 6 nitrogen and oxygen atoms in total. The van der Waals surface area contributed by atoms with Crippen molar-refractivity contribution in [2.45, 2.75) is 0 Å². The lowest BCUT2D eigenvalue weighted by Crippen LogP contribution is -2.24. The van der Waals surface area contributed by atoms with Crippen LogP contribution in [0, 0.1) is 0 Å². The third-order valence-electron chi connectivity index (χ3n) is 4.83. The van der Waals surface area contributed by atoms with Crippen LogP contribution in [0.25, 0.3) is 10.8 Å². The molecule has 0 bridgehead atoms. The number of hydrazone groups is 1. The number of esters is 1. The van der Waals surface area contributed by atoms with E-state index in [9.17, 15) is 9.59 Å². The molecule has 0 saturated heterocycles. The first-order chi connectivity index (χ1) is 16.9. The fourth-order valence-electron chi connectivity index (χ4n) is 3.21. The highest BCUT2D eigenvalue weighted by Crippen LogP contribution is 2.29. The van der Waals surface area contributed by atoms with Gasteiger partial charge in [-0.05, 0) is 53.2 Å². The highest BCUT2D eigenvalue weighted by atomic mass is 35.5. The zero-order valence-corrected chi connectivity index (χ0v) is 20.3. The van der Waals surface area contributed by atoms with Gasteiger partial charge in [-0.2, -0.15) is 5.10 Å². The molecule has 0 aliphatic carbocycles. The number of hydrogen-bond acceptors (Lipinski definition) is 5. The van der Waals surface area contributed by atoms with Gasteiger partial charge >= 0.3 is 5.97 Å². The quantitative estimate of drug-likeness (QED) is 0.128. The first kappa shape index (κ1) is 24.5. The molecule has 0 unspecified atom stereocenters. The molecule has 0 aromatic heterocycles. The number of nitrogens with zero attached hydrogens (tertiary/aromatic N) is 1. The van der Waals surface area contributed by atoms with Gasteiger partial charge in [-0.25, -0.2) is 10.2 Å². The summed E-state index contributed by atoms with van der Waals surface area (Å²) in [5, 5.41) is 6.77. The number of amides is 1. The summed E-state index contributed by atoms with van der Waals surface area (Å²) >= 11 is 18.0. The Hall–Kier alpha value is -3.58. The van der Waals surface area contributed by atoms with Crippen molar-refractivity contribution >= 4 is 63.7 Å². The van der Waals surface area contributed by atoms with E-state index >= 15 is 0 Å². The molecule has 0 aliphatic heterocycles. The van der Waals surface area contributed by atoms with Crippen LogP contribution in [0.5, 0.6) is 11.5 Å². The fraction of sp³-hybridized carbons (Fsp3) is 0.0385. The van der Waals surface area contributed by atoms with Crippen molar-refractivity contribution in [2.75, 3.05) is 6.61 Å². The molecule has 0 fully saturated rings. The summed E-state index contributed by atoms with van der Waals surface area (Å²) < 4.78 is 11.0. The van der Waals surface area contributed by atoms with Gasteiger partial charge < -0.3 is 9.47 Å². The third kappa shape index (κ3) is 6.31. The Morgan fingerprint density at radius 2 is 1.69 bits per heavy atom. The molecule has 4 rings (SSSR count). The van der Waals surface area contributed by atoms with E-state index in [2.05, 4.69) is 10.5 Å². The smallest absolute Gasteiger partial charge is 0.345 e. The molecule has 0 aliphatic rings. The maximum Gasteiger partial charge on any atom is 0.345 e. The summed E-state index contributed by atoms with van der Waals surface area (Å²) in [7, 11) is 0. The predicted octanol–water partition coefficient (Wildman–Crippen LogP) is 6.55. The average Bonchev–Trinajstić information content (AvgIpc) is 2.84. The van der Waals surface area contributed by atoms with Crippen molar-refractivity contribution in [2.24, 2.45) is 5.10 Å². The van der Waals surface area contributed by atoms with Crippen molar-refractivity contribution in [1.29, 1.82) is 0 Å². The molecule has 0 spiro atoms. The van der Waals surface area contributed by atoms with Crippen molar-refractivity contribution < 1.29 is 19.1 Å². The summed E-state index contributed by atoms with van der Waals surface area (Å²) in [6.07, 6.45) is 1.41. The molecule has 9 heteroatoms. The number of ether oxygens (including phenoxy) is 2. The Kier molecular flexibility index (Phi) is 7.87. The van der Waals surface area contributed by atoms with Gasteiger partial charge in [-0.1, -0.05) is 71.2 Å². The van der Waals surface area contributed by atoms with Crippen LogP contribution in [-0.2, 0) is 4.79 Å². The second-order valence-electron chi connectivity index (χ2n) is 7.25. The second-order valence-corrected chi connectivity index (χ2v) is 8.53. The van der Waals surface area contributed by atoms with Gasteiger partial charge in [-0.3, -0.25) is 4.79 Å². The Bertz CT molecular complexity index is 1440. The largest absolute Gasteiger partial charge is 0.484 e. The maximum absolute atomic E-state index is 12.8. The second kappa shape index (κ2) is 11.2. The van der Waals surface area contributed by atoms with Crippen LogP contribution >= 0.6 is 34.8 Å². The molecular formula is C26H17Cl3N2O4. The fourth-order valence-corrected chi connectivity index (χ4v) is 3.88. The van der Waals surface area contributed by atoms with Crippen molar-refractivity contribution in [1.82, 2.24) is 5.43 Å². The summed E-state index contributed by atoms with van der Waals surface area (Å²) in [5.41, 5.74) is 3.07. The molecule has 1 amide bonds. The van der Waals surface area contributed by atoms with Crippen LogP contribution in [0.4, 0.5) is 0 Å². The molecule has 0 radical (unpaired) electrons. The lowest BCUT2D eigenvalue weighted by molar-refractivity contribution is -0.123. The first-order valence-corrected chi connectivity index (χ1v) is 11.4. The van der Waals surface area contributed by atoms with Crippen LogP contribution in [-0.4, -0.2) is 24.7 Å². The number of fused-ring (bicyclic) bond motifs is 1. The monoisotopic (exact) mass is 526 g/mol. The molecule has 4 aromatic carbocycles. The van der Waals surface area contributed by atoms with Crippen LogP contribution in [0.2, 0.25) is 15.1 Å². The van der Waals surface area contributed by atoms with E-state index in [1.54, 1.807) is 36.4 Å². The van der Waals surface area contributed by atoms with Crippen molar-refractivity contribution in [3.8, 4) is 11.5 Å². The number of halogens is 3. The number of benzene rings is 4. The number of carbonyl (C=O) groups excluding carboxylic acids is 2. The normalized spacial score (nSPS) is 10.9. The zero-order valence-electron chi connectivity index (χ0n) is 18.0. The Labute approximate surface area is 216 Å². The van der Waals surface area contributed by atoms with Crippen LogP contribution in [0.3, 0.4) is 0 Å². The van der Waals surface area contributed by atoms with Gasteiger partial charge in [-0.15, -0.1) is 0 Å². The van der Waals surface area contributed by atoms with Crippen molar-refractivity contribution in [3.05, 3.63) is 105 Å². The van der Waals surface area contributed by atoms with E-state index in [0.29, 0.717) is 21.4 Å². The molecule has 35 heavy (non-hydrogen) atoms. The Balaban J connectivity index is 1.52. The summed E-state index contributed by atoms with van der Waals surface area (Å²) in [5.74, 6) is -0.433. The number of rotatable bonds is 7. The van der Waals surface area contributed by atoms with Gasteiger partial charge in [0.05, 0.1) is 16.8 Å². The van der Waals surface area contributed by atoms with E-state index in [4.69, 9.17) is 44.3 Å². The Morgan fingerprint density at radius 1 is 0.886 bits per heavy atom. The number of carbonyl (C=O) groups is 2. The SMILES string of the molecule is O=C(COc1cccc(Cl)c1)N/N=C/c1c(OC(=O)c2ccc(Cl)cc2Cl)ccc2ccccc12. The third-order valence-corrected chi connectivity index (χ3v) is 5.62. The van der Waals surface area contributed by atoms with Crippen LogP contribution in [0.15, 0.2) is 84.0 Å². The van der Waals surface area contributed by atoms with E-state index in [1.165, 1.54) is 18.3 Å². The van der Waals surface area contributed by atoms with Gasteiger partial charge in [0.2, 0.25) is 0 Å². The minimum atomic E-state index is -0.657.